The Morgan fingerprint density at radius 2 is 1.65 bits per heavy atom. The zero-order valence-corrected chi connectivity index (χ0v) is 24.9. The summed E-state index contributed by atoms with van der Waals surface area (Å²) < 4.78 is 5.44. The molecule has 1 unspecified atom stereocenters. The van der Waals surface area contributed by atoms with Gasteiger partial charge in [-0.25, -0.2) is 4.79 Å². The number of benzene rings is 1. The van der Waals surface area contributed by atoms with Gasteiger partial charge in [-0.2, -0.15) is 11.8 Å². The van der Waals surface area contributed by atoms with Crippen molar-refractivity contribution >= 4 is 23.8 Å². The maximum Gasteiger partial charge on any atom is 0.408 e. The van der Waals surface area contributed by atoms with E-state index >= 15 is 0 Å². The molecule has 1 heterocycles. The molecule has 210 valence electrons. The zero-order valence-electron chi connectivity index (χ0n) is 24.1. The van der Waals surface area contributed by atoms with Crippen LogP contribution in [0.4, 0.5) is 4.79 Å². The van der Waals surface area contributed by atoms with Crippen molar-refractivity contribution in [2.24, 2.45) is 5.92 Å². The van der Waals surface area contributed by atoms with Crippen molar-refractivity contribution in [1.29, 1.82) is 0 Å². The second-order valence-electron chi connectivity index (χ2n) is 11.3. The van der Waals surface area contributed by atoms with Crippen molar-refractivity contribution in [2.45, 2.75) is 111 Å². The minimum absolute atomic E-state index is 0.0935. The summed E-state index contributed by atoms with van der Waals surface area (Å²) in [6.45, 7) is 14.5. The Balaban J connectivity index is 0.00000235. The molecule has 0 aromatic heterocycles. The van der Waals surface area contributed by atoms with Crippen molar-refractivity contribution in [3.63, 3.8) is 0 Å². The van der Waals surface area contributed by atoms with Crippen molar-refractivity contribution < 1.29 is 14.3 Å². The lowest BCUT2D eigenvalue weighted by atomic mass is 9.91. The molecule has 7 heteroatoms. The van der Waals surface area contributed by atoms with E-state index in [2.05, 4.69) is 46.7 Å². The highest BCUT2D eigenvalue weighted by Crippen LogP contribution is 2.27. The highest BCUT2D eigenvalue weighted by molar-refractivity contribution is 7.99. The Morgan fingerprint density at radius 1 is 1.03 bits per heavy atom. The predicted octanol–water partition coefficient (Wildman–Crippen LogP) is 6.31. The molecule has 0 spiro atoms. The van der Waals surface area contributed by atoms with Crippen LogP contribution in [0.1, 0.15) is 90.7 Å². The second-order valence-corrected chi connectivity index (χ2v) is 12.4. The Labute approximate surface area is 230 Å². The van der Waals surface area contributed by atoms with Gasteiger partial charge in [-0.05, 0) is 70.6 Å². The highest BCUT2D eigenvalue weighted by atomic mass is 32.2. The van der Waals surface area contributed by atoms with Gasteiger partial charge in [0, 0.05) is 31.4 Å². The normalized spacial score (nSPS) is 18.3. The summed E-state index contributed by atoms with van der Waals surface area (Å²) in [6, 6.07) is 8.27. The number of hydrogen-bond donors (Lipinski definition) is 2. The summed E-state index contributed by atoms with van der Waals surface area (Å²) in [7, 11) is 0. The van der Waals surface area contributed by atoms with E-state index in [0.717, 1.165) is 44.1 Å². The fraction of sp³-hybridized carbons (Fsp3) is 0.733. The minimum Gasteiger partial charge on any atom is -0.444 e. The molecule has 37 heavy (non-hydrogen) atoms. The van der Waals surface area contributed by atoms with Gasteiger partial charge in [0.25, 0.3) is 0 Å². The van der Waals surface area contributed by atoms with Crippen LogP contribution in [0, 0.1) is 12.8 Å². The number of amides is 2. The molecule has 3 rings (SSSR count). The van der Waals surface area contributed by atoms with Crippen LogP contribution in [0.2, 0.25) is 0 Å². The molecule has 0 radical (unpaired) electrons. The maximum absolute atomic E-state index is 13.2. The zero-order chi connectivity index (χ0) is 27.3. The number of ether oxygens (including phenoxy) is 1. The van der Waals surface area contributed by atoms with Crippen molar-refractivity contribution in [3.05, 3.63) is 35.4 Å². The number of rotatable bonds is 9. The molecule has 1 atom stereocenters. The number of nitrogens with one attached hydrogen (secondary N) is 2. The highest BCUT2D eigenvalue weighted by Gasteiger charge is 2.28. The van der Waals surface area contributed by atoms with E-state index in [4.69, 9.17) is 4.74 Å². The van der Waals surface area contributed by atoms with Gasteiger partial charge in [-0.15, -0.1) is 0 Å². The number of thioether (sulfide) groups is 1. The van der Waals surface area contributed by atoms with Crippen LogP contribution in [-0.4, -0.2) is 59.2 Å². The van der Waals surface area contributed by atoms with E-state index in [1.807, 2.05) is 34.6 Å². The number of hydrogen-bond acceptors (Lipinski definition) is 5. The van der Waals surface area contributed by atoms with Crippen LogP contribution in [0.5, 0.6) is 0 Å². The van der Waals surface area contributed by atoms with E-state index in [1.165, 1.54) is 43.2 Å². The number of nitrogens with zero attached hydrogens (tertiary/aromatic N) is 1. The molecule has 2 aliphatic rings. The molecular formula is C30H51N3O3S. The molecule has 1 saturated carbocycles. The standard InChI is InChI=1S/C28H45N3O3S.C2H6/c1-21-10-12-22(13-11-21)18-31-16-14-24(15-17-31)29-26(32)25(30-27(33)34-28(2,3)4)20-35-19-23-8-6-5-7-9-23;1-2/h10-13,23-25H,5-9,14-20H2,1-4H3,(H,29,32)(H,30,33);1-2H3. The fourth-order valence-electron chi connectivity index (χ4n) is 4.83. The molecule has 2 amide bonds. The van der Waals surface area contributed by atoms with Crippen LogP contribution in [0.25, 0.3) is 0 Å². The summed E-state index contributed by atoms with van der Waals surface area (Å²) in [5.74, 6) is 2.27. The first-order valence-corrected chi connectivity index (χ1v) is 15.5. The van der Waals surface area contributed by atoms with Crippen LogP contribution in [0.15, 0.2) is 24.3 Å². The summed E-state index contributed by atoms with van der Waals surface area (Å²) >= 11 is 1.78. The lowest BCUT2D eigenvalue weighted by Crippen LogP contribution is -2.53. The fourth-order valence-corrected chi connectivity index (χ4v) is 6.10. The topological polar surface area (TPSA) is 70.7 Å². The third-order valence-electron chi connectivity index (χ3n) is 6.83. The Morgan fingerprint density at radius 3 is 2.24 bits per heavy atom. The van der Waals surface area contributed by atoms with Crippen LogP contribution in [0.3, 0.4) is 0 Å². The van der Waals surface area contributed by atoms with Gasteiger partial charge in [0.1, 0.15) is 11.6 Å². The first-order chi connectivity index (χ1) is 17.7. The van der Waals surface area contributed by atoms with Crippen LogP contribution < -0.4 is 10.6 Å². The Hall–Kier alpha value is -1.73. The van der Waals surface area contributed by atoms with Gasteiger partial charge >= 0.3 is 6.09 Å². The smallest absolute Gasteiger partial charge is 0.408 e. The number of carbonyl (C=O) groups excluding carboxylic acids is 2. The molecule has 0 bridgehead atoms. The lowest BCUT2D eigenvalue weighted by molar-refractivity contribution is -0.123. The average Bonchev–Trinajstić information content (AvgIpc) is 2.87. The minimum atomic E-state index is -0.593. The maximum atomic E-state index is 13.2. The third kappa shape index (κ3) is 12.6. The Kier molecular flexibility index (Phi) is 13.9. The van der Waals surface area contributed by atoms with Gasteiger partial charge in [0.15, 0.2) is 0 Å². The number of aryl methyl sites for hydroxylation is 1. The molecule has 1 aliphatic carbocycles. The second kappa shape index (κ2) is 16.3. The molecule has 2 fully saturated rings. The van der Waals surface area contributed by atoms with Crippen LogP contribution >= 0.6 is 11.8 Å². The van der Waals surface area contributed by atoms with Crippen LogP contribution in [-0.2, 0) is 16.1 Å². The monoisotopic (exact) mass is 533 g/mol. The van der Waals surface area contributed by atoms with E-state index in [1.54, 1.807) is 11.8 Å². The summed E-state index contributed by atoms with van der Waals surface area (Å²) in [6.07, 6.45) is 7.86. The molecule has 2 N–H and O–H groups in total. The predicted molar refractivity (Wildman–Crippen MR) is 156 cm³/mol. The molecule has 6 nitrogen and oxygen atoms in total. The van der Waals surface area contributed by atoms with Gasteiger partial charge in [0.2, 0.25) is 5.91 Å². The summed E-state index contributed by atoms with van der Waals surface area (Å²) in [5.41, 5.74) is 2.02. The molecular weight excluding hydrogens is 482 g/mol. The van der Waals surface area contributed by atoms with E-state index in [9.17, 15) is 9.59 Å². The SMILES string of the molecule is CC.Cc1ccc(CN2CCC(NC(=O)C(CSCC3CCCCC3)NC(=O)OC(C)(C)C)CC2)cc1. The molecule has 1 saturated heterocycles. The van der Waals surface area contributed by atoms with Gasteiger partial charge in [0.05, 0.1) is 0 Å². The largest absolute Gasteiger partial charge is 0.444 e. The first-order valence-electron chi connectivity index (χ1n) is 14.3. The summed E-state index contributed by atoms with van der Waals surface area (Å²) in [4.78, 5) is 28.1. The number of carbonyl (C=O) groups is 2. The number of piperidine rings is 1. The number of alkyl carbamates (subject to hydrolysis) is 1. The van der Waals surface area contributed by atoms with E-state index in [0.29, 0.717) is 5.75 Å². The van der Waals surface area contributed by atoms with Crippen molar-refractivity contribution in [3.8, 4) is 0 Å². The molecule has 1 aromatic carbocycles. The average molecular weight is 534 g/mol. The number of likely N-dealkylation sites (tertiary alicyclic amines) is 1. The molecule has 1 aromatic rings. The molecule has 1 aliphatic heterocycles. The van der Waals surface area contributed by atoms with Crippen molar-refractivity contribution in [2.75, 3.05) is 24.6 Å². The quantitative estimate of drug-likeness (QED) is 0.389. The van der Waals surface area contributed by atoms with E-state index in [-0.39, 0.29) is 11.9 Å². The van der Waals surface area contributed by atoms with E-state index < -0.39 is 17.7 Å². The van der Waals surface area contributed by atoms with Gasteiger partial charge in [-0.3, -0.25) is 9.69 Å². The lowest BCUT2D eigenvalue weighted by Gasteiger charge is -2.33. The summed E-state index contributed by atoms with van der Waals surface area (Å²) in [5, 5.41) is 6.06. The van der Waals surface area contributed by atoms with Gasteiger partial charge < -0.3 is 15.4 Å². The third-order valence-corrected chi connectivity index (χ3v) is 8.11. The Bertz CT molecular complexity index is 795. The van der Waals surface area contributed by atoms with Gasteiger partial charge in [-0.1, -0.05) is 62.9 Å². The van der Waals surface area contributed by atoms with Crippen molar-refractivity contribution in [1.82, 2.24) is 15.5 Å². The first kappa shape index (κ1) is 31.5.